The minimum absolute atomic E-state index is 0.798. The zero-order chi connectivity index (χ0) is 9.10. The highest BCUT2D eigenvalue weighted by Crippen LogP contribution is 2.36. The van der Waals surface area contributed by atoms with E-state index in [1.807, 2.05) is 11.3 Å². The van der Waals surface area contributed by atoms with Crippen LogP contribution in [0, 0.1) is 5.92 Å². The second-order valence-electron chi connectivity index (χ2n) is 4.24. The summed E-state index contributed by atoms with van der Waals surface area (Å²) in [5.41, 5.74) is 1.57. The summed E-state index contributed by atoms with van der Waals surface area (Å²) in [6.07, 6.45) is 7.29. The Bertz CT molecular complexity index is 232. The monoisotopic (exact) mass is 194 g/mol. The predicted octanol–water partition coefficient (Wildman–Crippen LogP) is 4.43. The molecule has 1 aliphatic carbocycles. The molecule has 1 heterocycles. The quantitative estimate of drug-likeness (QED) is 0.653. The SMILES string of the molecule is CC(c1ccsc1)C1CCCCC1. The number of hydrogen-bond acceptors (Lipinski definition) is 1. The van der Waals surface area contributed by atoms with Crippen molar-refractivity contribution in [3.05, 3.63) is 22.4 Å². The third-order valence-corrected chi connectivity index (χ3v) is 4.13. The van der Waals surface area contributed by atoms with E-state index in [0.717, 1.165) is 11.8 Å². The van der Waals surface area contributed by atoms with Gasteiger partial charge in [-0.25, -0.2) is 0 Å². The van der Waals surface area contributed by atoms with Crippen LogP contribution in [0.2, 0.25) is 0 Å². The van der Waals surface area contributed by atoms with Gasteiger partial charge in [-0.1, -0.05) is 26.2 Å². The second-order valence-corrected chi connectivity index (χ2v) is 5.02. The van der Waals surface area contributed by atoms with Crippen LogP contribution in [0.1, 0.15) is 50.5 Å². The smallest absolute Gasteiger partial charge is 0.00584 e. The van der Waals surface area contributed by atoms with E-state index in [1.54, 1.807) is 5.56 Å². The Kier molecular flexibility index (Phi) is 3.05. The summed E-state index contributed by atoms with van der Waals surface area (Å²) in [6, 6.07) is 2.30. The highest BCUT2D eigenvalue weighted by molar-refractivity contribution is 7.07. The van der Waals surface area contributed by atoms with Gasteiger partial charge in [-0.05, 0) is 47.1 Å². The van der Waals surface area contributed by atoms with Gasteiger partial charge in [0.15, 0.2) is 0 Å². The first-order valence-electron chi connectivity index (χ1n) is 5.40. The van der Waals surface area contributed by atoms with Crippen LogP contribution in [0.25, 0.3) is 0 Å². The van der Waals surface area contributed by atoms with Gasteiger partial charge in [0.25, 0.3) is 0 Å². The van der Waals surface area contributed by atoms with Gasteiger partial charge in [-0.3, -0.25) is 0 Å². The highest BCUT2D eigenvalue weighted by Gasteiger charge is 2.21. The van der Waals surface area contributed by atoms with Crippen molar-refractivity contribution in [3.8, 4) is 0 Å². The molecule has 0 bridgehead atoms. The van der Waals surface area contributed by atoms with Crippen LogP contribution in [0.15, 0.2) is 16.8 Å². The minimum Gasteiger partial charge on any atom is -0.152 e. The highest BCUT2D eigenvalue weighted by atomic mass is 32.1. The molecule has 1 heteroatoms. The summed E-state index contributed by atoms with van der Waals surface area (Å²) in [7, 11) is 0. The van der Waals surface area contributed by atoms with Crippen molar-refractivity contribution in [2.24, 2.45) is 5.92 Å². The third kappa shape index (κ3) is 2.14. The lowest BCUT2D eigenvalue weighted by Crippen LogP contribution is -2.13. The predicted molar refractivity (Wildman–Crippen MR) is 59.3 cm³/mol. The Morgan fingerprint density at radius 3 is 2.69 bits per heavy atom. The van der Waals surface area contributed by atoms with Crippen molar-refractivity contribution in [1.82, 2.24) is 0 Å². The van der Waals surface area contributed by atoms with E-state index in [-0.39, 0.29) is 0 Å². The molecule has 0 radical (unpaired) electrons. The number of rotatable bonds is 2. The van der Waals surface area contributed by atoms with Crippen molar-refractivity contribution in [2.45, 2.75) is 44.9 Å². The fraction of sp³-hybridized carbons (Fsp3) is 0.667. The molecule has 1 unspecified atom stereocenters. The molecule has 0 nitrogen and oxygen atoms in total. The summed E-state index contributed by atoms with van der Waals surface area (Å²) in [5, 5.41) is 4.52. The fourth-order valence-corrected chi connectivity index (χ4v) is 3.21. The average Bonchev–Trinajstić information content (AvgIpc) is 2.71. The fourth-order valence-electron chi connectivity index (χ4n) is 2.44. The Morgan fingerprint density at radius 2 is 2.08 bits per heavy atom. The lowest BCUT2D eigenvalue weighted by Gasteiger charge is -2.27. The molecule has 0 aliphatic heterocycles. The Morgan fingerprint density at radius 1 is 1.31 bits per heavy atom. The summed E-state index contributed by atoms with van der Waals surface area (Å²) >= 11 is 1.83. The lowest BCUT2D eigenvalue weighted by atomic mass is 9.78. The molecule has 2 rings (SSSR count). The van der Waals surface area contributed by atoms with Gasteiger partial charge < -0.3 is 0 Å². The summed E-state index contributed by atoms with van der Waals surface area (Å²) in [5.74, 6) is 1.76. The molecule has 0 aromatic carbocycles. The maximum absolute atomic E-state index is 2.40. The van der Waals surface area contributed by atoms with Crippen molar-refractivity contribution < 1.29 is 0 Å². The first-order chi connectivity index (χ1) is 6.38. The largest absolute Gasteiger partial charge is 0.152 e. The van der Waals surface area contributed by atoms with E-state index in [1.165, 1.54) is 32.1 Å². The van der Waals surface area contributed by atoms with Crippen LogP contribution in [0.3, 0.4) is 0 Å². The molecule has 0 saturated heterocycles. The molecule has 72 valence electrons. The van der Waals surface area contributed by atoms with Crippen LogP contribution in [0.5, 0.6) is 0 Å². The molecular weight excluding hydrogens is 176 g/mol. The minimum atomic E-state index is 0.798. The van der Waals surface area contributed by atoms with Crippen molar-refractivity contribution in [3.63, 3.8) is 0 Å². The maximum Gasteiger partial charge on any atom is -0.00584 e. The van der Waals surface area contributed by atoms with E-state index in [0.29, 0.717) is 0 Å². The molecule has 1 atom stereocenters. The molecule has 0 amide bonds. The van der Waals surface area contributed by atoms with Gasteiger partial charge in [0.1, 0.15) is 0 Å². The van der Waals surface area contributed by atoms with E-state index in [9.17, 15) is 0 Å². The molecule has 0 spiro atoms. The standard InChI is InChI=1S/C12H18S/c1-10(12-7-8-13-9-12)11-5-3-2-4-6-11/h7-11H,2-6H2,1H3. The first kappa shape index (κ1) is 9.26. The van der Waals surface area contributed by atoms with Crippen LogP contribution in [-0.4, -0.2) is 0 Å². The van der Waals surface area contributed by atoms with Crippen molar-refractivity contribution in [1.29, 1.82) is 0 Å². The van der Waals surface area contributed by atoms with Gasteiger partial charge in [-0.15, -0.1) is 0 Å². The van der Waals surface area contributed by atoms with Crippen LogP contribution in [-0.2, 0) is 0 Å². The first-order valence-corrected chi connectivity index (χ1v) is 6.34. The number of thiophene rings is 1. The molecule has 0 N–H and O–H groups in total. The topological polar surface area (TPSA) is 0 Å². The van der Waals surface area contributed by atoms with E-state index >= 15 is 0 Å². The summed E-state index contributed by atoms with van der Waals surface area (Å²) in [6.45, 7) is 2.40. The zero-order valence-electron chi connectivity index (χ0n) is 8.33. The van der Waals surface area contributed by atoms with Gasteiger partial charge in [-0.2, -0.15) is 11.3 Å². The maximum atomic E-state index is 2.40. The van der Waals surface area contributed by atoms with E-state index < -0.39 is 0 Å². The van der Waals surface area contributed by atoms with E-state index in [2.05, 4.69) is 23.8 Å². The van der Waals surface area contributed by atoms with Gasteiger partial charge in [0.2, 0.25) is 0 Å². The van der Waals surface area contributed by atoms with Gasteiger partial charge >= 0.3 is 0 Å². The second kappa shape index (κ2) is 4.28. The molecule has 1 saturated carbocycles. The van der Waals surface area contributed by atoms with Gasteiger partial charge in [0, 0.05) is 0 Å². The zero-order valence-corrected chi connectivity index (χ0v) is 9.15. The molecule has 1 fully saturated rings. The summed E-state index contributed by atoms with van der Waals surface area (Å²) in [4.78, 5) is 0. The lowest BCUT2D eigenvalue weighted by molar-refractivity contribution is 0.316. The summed E-state index contributed by atoms with van der Waals surface area (Å²) < 4.78 is 0. The Balaban J connectivity index is 1.99. The van der Waals surface area contributed by atoms with Crippen LogP contribution in [0.4, 0.5) is 0 Å². The van der Waals surface area contributed by atoms with Crippen molar-refractivity contribution >= 4 is 11.3 Å². The molecule has 1 aromatic rings. The Labute approximate surface area is 85.0 Å². The average molecular weight is 194 g/mol. The van der Waals surface area contributed by atoms with E-state index in [4.69, 9.17) is 0 Å². The molecule has 13 heavy (non-hydrogen) atoms. The normalized spacial score (nSPS) is 21.6. The molecule has 1 aromatic heterocycles. The van der Waals surface area contributed by atoms with Crippen LogP contribution < -0.4 is 0 Å². The van der Waals surface area contributed by atoms with Crippen LogP contribution >= 0.6 is 11.3 Å². The molecular formula is C12H18S. The number of hydrogen-bond donors (Lipinski definition) is 0. The van der Waals surface area contributed by atoms with Gasteiger partial charge in [0.05, 0.1) is 0 Å². The Hall–Kier alpha value is -0.300. The third-order valence-electron chi connectivity index (χ3n) is 3.43. The van der Waals surface area contributed by atoms with Crippen molar-refractivity contribution in [2.75, 3.05) is 0 Å². The molecule has 1 aliphatic rings.